The highest BCUT2D eigenvalue weighted by Gasteiger charge is 2.14. The molecule has 0 saturated heterocycles. The Bertz CT molecular complexity index is 1510. The van der Waals surface area contributed by atoms with Gasteiger partial charge in [-0.05, 0) is 56.9 Å². The van der Waals surface area contributed by atoms with E-state index >= 15 is 0 Å². The number of aryl methyl sites for hydroxylation is 7. The number of benzene rings is 3. The molecule has 5 rings (SSSR count). The summed E-state index contributed by atoms with van der Waals surface area (Å²) in [5.41, 5.74) is 13.4. The van der Waals surface area contributed by atoms with Gasteiger partial charge in [-0.15, -0.1) is 0 Å². The van der Waals surface area contributed by atoms with Crippen LogP contribution in [0.25, 0.3) is 33.5 Å². The Hall–Kier alpha value is -3.66. The van der Waals surface area contributed by atoms with Gasteiger partial charge in [-0.2, -0.15) is 0 Å². The number of imidazole rings is 2. The molecule has 0 bridgehead atoms. The molecule has 4 nitrogen and oxygen atoms in total. The second-order valence-corrected chi connectivity index (χ2v) is 9.31. The molecule has 166 valence electrons. The molecule has 0 aliphatic heterocycles. The van der Waals surface area contributed by atoms with Gasteiger partial charge in [0.15, 0.2) is 0 Å². The maximum Gasteiger partial charge on any atom is 0.244 e. The van der Waals surface area contributed by atoms with Crippen LogP contribution in [-0.2, 0) is 14.1 Å². The first-order chi connectivity index (χ1) is 15.7. The van der Waals surface area contributed by atoms with Gasteiger partial charge >= 0.3 is 0 Å². The van der Waals surface area contributed by atoms with Gasteiger partial charge in [-0.25, -0.2) is 0 Å². The predicted octanol–water partition coefficient (Wildman–Crippen LogP) is 4.88. The van der Waals surface area contributed by atoms with E-state index in [0.29, 0.717) is 0 Å². The summed E-state index contributed by atoms with van der Waals surface area (Å²) < 4.78 is 8.25. The summed E-state index contributed by atoms with van der Waals surface area (Å²) in [7, 11) is 4.06. The zero-order chi connectivity index (χ0) is 23.4. The van der Waals surface area contributed by atoms with Gasteiger partial charge in [-0.3, -0.25) is 0 Å². The summed E-state index contributed by atoms with van der Waals surface area (Å²) in [6.07, 6.45) is 10.9. The molecule has 5 aromatic rings. The van der Waals surface area contributed by atoms with Gasteiger partial charge in [0.05, 0.1) is 25.1 Å². The molecule has 0 aliphatic carbocycles. The average molecular weight is 435 g/mol. The summed E-state index contributed by atoms with van der Waals surface area (Å²) in [4.78, 5) is 0. The highest BCUT2D eigenvalue weighted by atomic mass is 15.1. The van der Waals surface area contributed by atoms with Crippen molar-refractivity contribution in [3.63, 3.8) is 0 Å². The molecule has 33 heavy (non-hydrogen) atoms. The molecule has 0 unspecified atom stereocenters. The van der Waals surface area contributed by atoms with E-state index in [1.165, 1.54) is 44.5 Å². The van der Waals surface area contributed by atoms with E-state index in [2.05, 4.69) is 106 Å². The molecule has 0 spiro atoms. The van der Waals surface area contributed by atoms with E-state index in [1.54, 1.807) is 0 Å². The Balaban J connectivity index is 1.81. The number of fused-ring (bicyclic) bond motifs is 1. The van der Waals surface area contributed by atoms with Crippen molar-refractivity contribution in [2.24, 2.45) is 14.1 Å². The van der Waals surface area contributed by atoms with Crippen LogP contribution in [0.2, 0.25) is 0 Å². The third kappa shape index (κ3) is 3.66. The van der Waals surface area contributed by atoms with E-state index in [9.17, 15) is 0 Å². The largest absolute Gasteiger partial charge is 0.327 e. The summed E-state index contributed by atoms with van der Waals surface area (Å²) in [5, 5.41) is 0. The summed E-state index contributed by atoms with van der Waals surface area (Å²) in [6.45, 7) is 10.9. The minimum Gasteiger partial charge on any atom is -0.327 e. The molecule has 0 N–H and O–H groups in total. The van der Waals surface area contributed by atoms with E-state index in [4.69, 9.17) is 0 Å². The van der Waals surface area contributed by atoms with Crippen LogP contribution in [0.5, 0.6) is 0 Å². The zero-order valence-corrected chi connectivity index (χ0v) is 20.5. The Morgan fingerprint density at radius 2 is 1.36 bits per heavy atom. The van der Waals surface area contributed by atoms with Crippen molar-refractivity contribution in [2.75, 3.05) is 0 Å². The molecule has 0 atom stereocenters. The van der Waals surface area contributed by atoms with Crippen LogP contribution in [0.1, 0.15) is 27.8 Å². The molecule has 0 amide bonds. The topological polar surface area (TPSA) is 17.6 Å². The first kappa shape index (κ1) is 21.2. The van der Waals surface area contributed by atoms with Gasteiger partial charge in [-0.1, -0.05) is 59.2 Å². The quantitative estimate of drug-likeness (QED) is 0.285. The van der Waals surface area contributed by atoms with E-state index in [0.717, 1.165) is 16.9 Å². The van der Waals surface area contributed by atoms with Crippen LogP contribution >= 0.6 is 0 Å². The third-order valence-electron chi connectivity index (χ3n) is 6.55. The second-order valence-electron chi connectivity index (χ2n) is 9.31. The minimum absolute atomic E-state index is 1.07. The fourth-order valence-electron chi connectivity index (χ4n) is 4.88. The highest BCUT2D eigenvalue weighted by molar-refractivity contribution is 5.76. The monoisotopic (exact) mass is 434 g/mol. The number of aromatic nitrogens is 4. The number of hydrogen-bond acceptors (Lipinski definition) is 0. The predicted molar refractivity (Wildman–Crippen MR) is 132 cm³/mol. The van der Waals surface area contributed by atoms with E-state index < -0.39 is 0 Å². The Kier molecular flexibility index (Phi) is 4.97. The second kappa shape index (κ2) is 7.73. The van der Waals surface area contributed by atoms with Gasteiger partial charge in [0.25, 0.3) is 0 Å². The van der Waals surface area contributed by atoms with Crippen LogP contribution < -0.4 is 9.13 Å². The summed E-state index contributed by atoms with van der Waals surface area (Å²) in [6, 6.07) is 15.8. The number of rotatable bonds is 3. The molecule has 0 radical (unpaired) electrons. The van der Waals surface area contributed by atoms with Crippen molar-refractivity contribution in [1.29, 1.82) is 0 Å². The van der Waals surface area contributed by atoms with Crippen molar-refractivity contribution in [3.8, 4) is 22.5 Å². The van der Waals surface area contributed by atoms with Crippen molar-refractivity contribution >= 4 is 11.0 Å². The standard InChI is InChI=1S/C29H30N4/c1-19-10-22(4)29(23(5)11-19)24-14-25(32-9-8-30(6)17-32)16-26(15-24)33-18-31(7)27-12-20(2)21(3)13-28(27)33/h8-16H,1-7H3. The lowest BCUT2D eigenvalue weighted by Crippen LogP contribution is -2.33. The van der Waals surface area contributed by atoms with E-state index in [-0.39, 0.29) is 0 Å². The molecule has 2 aromatic heterocycles. The smallest absolute Gasteiger partial charge is 0.244 e. The van der Waals surface area contributed by atoms with Crippen LogP contribution in [0.4, 0.5) is 0 Å². The van der Waals surface area contributed by atoms with Crippen LogP contribution in [0, 0.1) is 47.3 Å². The van der Waals surface area contributed by atoms with Crippen LogP contribution in [0.3, 0.4) is 0 Å². The van der Waals surface area contributed by atoms with Crippen LogP contribution in [0.15, 0.2) is 54.9 Å². The van der Waals surface area contributed by atoms with Crippen molar-refractivity contribution in [1.82, 2.24) is 9.13 Å². The summed E-state index contributed by atoms with van der Waals surface area (Å²) >= 11 is 0. The average Bonchev–Trinajstić information content (AvgIpc) is 3.31. The van der Waals surface area contributed by atoms with Crippen molar-refractivity contribution < 1.29 is 9.13 Å². The van der Waals surface area contributed by atoms with Gasteiger partial charge in [0.1, 0.15) is 0 Å². The lowest BCUT2D eigenvalue weighted by molar-refractivity contribution is -0.602. The Morgan fingerprint density at radius 1 is 0.697 bits per heavy atom. The Labute approximate surface area is 196 Å². The Morgan fingerprint density at radius 3 is 2.03 bits per heavy atom. The van der Waals surface area contributed by atoms with Gasteiger partial charge < -0.3 is 18.3 Å². The first-order valence-corrected chi connectivity index (χ1v) is 11.3. The summed E-state index contributed by atoms with van der Waals surface area (Å²) in [5.74, 6) is 0. The molecule has 0 aliphatic rings. The lowest BCUT2D eigenvalue weighted by atomic mass is 9.93. The van der Waals surface area contributed by atoms with E-state index in [1.807, 2.05) is 28.6 Å². The minimum atomic E-state index is 1.07. The molecular weight excluding hydrogens is 404 g/mol. The van der Waals surface area contributed by atoms with Gasteiger partial charge in [0, 0.05) is 23.8 Å². The molecule has 3 aromatic carbocycles. The van der Waals surface area contributed by atoms with Crippen molar-refractivity contribution in [3.05, 3.63) is 95.3 Å². The maximum atomic E-state index is 3.53. The molecule has 0 fully saturated rings. The molecule has 2 heterocycles. The fourth-order valence-corrected chi connectivity index (χ4v) is 4.88. The van der Waals surface area contributed by atoms with Crippen LogP contribution in [-0.4, -0.2) is 9.13 Å². The SMILES string of the molecule is Cc1cc(C)c(-c2cc(-[n+]3[c-]n(C)cc3)cc(-[n+]3[c-]n(C)c4cc(C)c(C)cc43)c2)c(C)c1. The normalized spacial score (nSPS) is 11.5. The molecule has 0 saturated carbocycles. The third-order valence-corrected chi connectivity index (χ3v) is 6.55. The number of nitrogens with zero attached hydrogens (tertiary/aromatic N) is 4. The zero-order valence-electron chi connectivity index (χ0n) is 20.5. The lowest BCUT2D eigenvalue weighted by Gasteiger charge is -2.17. The van der Waals surface area contributed by atoms with Gasteiger partial charge in [0.2, 0.25) is 12.7 Å². The number of hydrogen-bond donors (Lipinski definition) is 0. The molecular formula is C29H30N4. The first-order valence-electron chi connectivity index (χ1n) is 11.3. The molecule has 4 heteroatoms. The van der Waals surface area contributed by atoms with Crippen molar-refractivity contribution in [2.45, 2.75) is 34.6 Å². The maximum absolute atomic E-state index is 3.53. The highest BCUT2D eigenvalue weighted by Crippen LogP contribution is 2.31. The fraction of sp³-hybridized carbons (Fsp3) is 0.241.